The summed E-state index contributed by atoms with van der Waals surface area (Å²) >= 11 is 1.30. The maximum Gasteiger partial charge on any atom is 0.491 e. The van der Waals surface area contributed by atoms with Crippen molar-refractivity contribution in [2.45, 2.75) is 73.5 Å². The maximum absolute atomic E-state index is 11.6. The Morgan fingerprint density at radius 3 is 1.92 bits per heavy atom. The Bertz CT molecular complexity index is 708. The fourth-order valence-electron chi connectivity index (χ4n) is 3.01. The fraction of sp³-hybridized carbons (Fsp3) is 0.571. The number of carbonyl (C=O) groups is 1. The summed E-state index contributed by atoms with van der Waals surface area (Å²) < 4.78 is 12.5. The summed E-state index contributed by atoms with van der Waals surface area (Å²) in [5.74, 6) is 0.567. The molecule has 0 N–H and O–H groups in total. The van der Waals surface area contributed by atoms with E-state index in [1.54, 1.807) is 6.92 Å². The lowest BCUT2D eigenvalue weighted by atomic mass is 9.77. The van der Waals surface area contributed by atoms with E-state index in [2.05, 4.69) is 67.5 Å². The van der Waals surface area contributed by atoms with E-state index in [-0.39, 0.29) is 5.12 Å². The molecule has 3 nitrogen and oxygen atoms in total. The summed E-state index contributed by atoms with van der Waals surface area (Å²) in [5, 5.41) is 0.0984. The molecule has 0 aromatic heterocycles. The third-order valence-electron chi connectivity index (χ3n) is 5.75. The van der Waals surface area contributed by atoms with Crippen molar-refractivity contribution in [1.29, 1.82) is 0 Å². The van der Waals surface area contributed by atoms with Crippen LogP contribution in [-0.2, 0) is 14.1 Å². The quantitative estimate of drug-likeness (QED) is 0.678. The van der Waals surface area contributed by atoms with E-state index in [0.717, 1.165) is 5.47 Å². The van der Waals surface area contributed by atoms with Crippen LogP contribution in [-0.4, -0.2) is 29.2 Å². The smallest absolute Gasteiger partial charge is 0.400 e. The van der Waals surface area contributed by atoms with Gasteiger partial charge in [-0.05, 0) is 88.7 Å². The molecule has 1 fully saturated rings. The van der Waals surface area contributed by atoms with Gasteiger partial charge in [0.05, 0.1) is 11.2 Å². The molecule has 0 aliphatic carbocycles. The van der Waals surface area contributed by atoms with Crippen LogP contribution in [0.5, 0.6) is 0 Å². The minimum atomic E-state index is -0.438. The second kappa shape index (κ2) is 7.53. The van der Waals surface area contributed by atoms with Crippen molar-refractivity contribution in [3.05, 3.63) is 39.4 Å². The summed E-state index contributed by atoms with van der Waals surface area (Å²) in [6.45, 7) is 18.4. The van der Waals surface area contributed by atoms with E-state index in [4.69, 9.17) is 9.31 Å². The Labute approximate surface area is 163 Å². The van der Waals surface area contributed by atoms with E-state index in [1.165, 1.54) is 39.6 Å². The van der Waals surface area contributed by atoms with E-state index in [1.807, 2.05) is 0 Å². The Kier molecular flexibility index (Phi) is 6.16. The minimum absolute atomic E-state index is 0.0984. The summed E-state index contributed by atoms with van der Waals surface area (Å²) in [6, 6.07) is 2.22. The molecule has 2 rings (SSSR count). The van der Waals surface area contributed by atoms with Gasteiger partial charge in [0.25, 0.3) is 0 Å². The maximum atomic E-state index is 11.6. The molecule has 0 radical (unpaired) electrons. The lowest BCUT2D eigenvalue weighted by Crippen LogP contribution is -2.41. The topological polar surface area (TPSA) is 35.5 Å². The number of benzene rings is 1. The summed E-state index contributed by atoms with van der Waals surface area (Å²) in [5.41, 5.74) is 6.47. The van der Waals surface area contributed by atoms with Crippen molar-refractivity contribution < 1.29 is 14.1 Å². The first-order valence-electron chi connectivity index (χ1n) is 9.12. The highest BCUT2D eigenvalue weighted by atomic mass is 32.2. The summed E-state index contributed by atoms with van der Waals surface area (Å²) in [6.07, 6.45) is 2.17. The molecule has 1 heterocycles. The van der Waals surface area contributed by atoms with E-state index in [9.17, 15) is 4.79 Å². The van der Waals surface area contributed by atoms with Gasteiger partial charge in [0.15, 0.2) is 5.12 Å². The Morgan fingerprint density at radius 1 is 1.04 bits per heavy atom. The van der Waals surface area contributed by atoms with Crippen molar-refractivity contribution in [2.24, 2.45) is 0 Å². The molecular formula is C21H31BO3S. The highest BCUT2D eigenvalue weighted by Crippen LogP contribution is 2.39. The normalized spacial score (nSPS) is 19.1. The lowest BCUT2D eigenvalue weighted by molar-refractivity contribution is -0.109. The second-order valence-corrected chi connectivity index (χ2v) is 9.41. The van der Waals surface area contributed by atoms with Crippen molar-refractivity contribution in [3.8, 4) is 0 Å². The predicted molar refractivity (Wildman–Crippen MR) is 113 cm³/mol. The number of hydrogen-bond acceptors (Lipinski definition) is 4. The van der Waals surface area contributed by atoms with Crippen LogP contribution in [0.25, 0.3) is 6.08 Å². The number of carbonyl (C=O) groups excluding carboxylic acids is 1. The molecule has 1 aromatic carbocycles. The van der Waals surface area contributed by atoms with Crippen LogP contribution in [0.3, 0.4) is 0 Å². The van der Waals surface area contributed by atoms with Gasteiger partial charge in [0.1, 0.15) is 0 Å². The van der Waals surface area contributed by atoms with Crippen LogP contribution in [0, 0.1) is 27.7 Å². The monoisotopic (exact) mass is 374 g/mol. The van der Waals surface area contributed by atoms with E-state index in [0.29, 0.717) is 5.75 Å². The zero-order chi connectivity index (χ0) is 19.9. The summed E-state index contributed by atoms with van der Waals surface area (Å²) in [7, 11) is -0.438. The van der Waals surface area contributed by atoms with Crippen LogP contribution < -0.4 is 0 Å². The van der Waals surface area contributed by atoms with Crippen molar-refractivity contribution in [2.75, 3.05) is 5.75 Å². The number of aryl methyl sites for hydroxylation is 2. The molecule has 0 saturated carbocycles. The standard InChI is InChI=1S/C21H31BO3S/c1-13-10-14(2)16(4)19(15(13)3)11-18(12-26-17(5)23)22-24-20(6,7)21(8,9)25-22/h10-11H,12H2,1-9H3. The van der Waals surface area contributed by atoms with Crippen molar-refractivity contribution in [1.82, 2.24) is 0 Å². The first-order chi connectivity index (χ1) is 11.9. The average Bonchev–Trinajstić information content (AvgIpc) is 2.72. The largest absolute Gasteiger partial charge is 0.491 e. The lowest BCUT2D eigenvalue weighted by Gasteiger charge is -2.32. The van der Waals surface area contributed by atoms with Gasteiger partial charge in [-0.1, -0.05) is 23.9 Å². The molecule has 1 aliphatic rings. The van der Waals surface area contributed by atoms with Crippen LogP contribution in [0.1, 0.15) is 62.4 Å². The second-order valence-electron chi connectivity index (χ2n) is 8.26. The molecular weight excluding hydrogens is 343 g/mol. The molecule has 0 bridgehead atoms. The number of hydrogen-bond donors (Lipinski definition) is 0. The first-order valence-corrected chi connectivity index (χ1v) is 10.1. The van der Waals surface area contributed by atoms with Gasteiger partial charge in [-0.25, -0.2) is 0 Å². The van der Waals surface area contributed by atoms with E-state index >= 15 is 0 Å². The third kappa shape index (κ3) is 4.27. The number of thioether (sulfide) groups is 1. The molecule has 0 amide bonds. The zero-order valence-corrected chi connectivity index (χ0v) is 18.4. The van der Waals surface area contributed by atoms with Crippen molar-refractivity contribution in [3.63, 3.8) is 0 Å². The molecule has 1 aromatic rings. The molecule has 0 spiro atoms. The molecule has 5 heteroatoms. The Hall–Kier alpha value is -1.04. The van der Waals surface area contributed by atoms with Crippen LogP contribution in [0.4, 0.5) is 0 Å². The van der Waals surface area contributed by atoms with Crippen LogP contribution in [0.2, 0.25) is 0 Å². The van der Waals surface area contributed by atoms with Gasteiger partial charge in [-0.2, -0.15) is 0 Å². The Morgan fingerprint density at radius 2 is 1.50 bits per heavy atom. The molecule has 0 atom stereocenters. The highest BCUT2D eigenvalue weighted by Gasteiger charge is 2.52. The summed E-state index contributed by atoms with van der Waals surface area (Å²) in [4.78, 5) is 11.6. The van der Waals surface area contributed by atoms with Crippen LogP contribution in [0.15, 0.2) is 11.5 Å². The van der Waals surface area contributed by atoms with Gasteiger partial charge in [-0.3, -0.25) is 4.79 Å². The molecule has 0 unspecified atom stereocenters. The van der Waals surface area contributed by atoms with Gasteiger partial charge in [0, 0.05) is 12.7 Å². The minimum Gasteiger partial charge on any atom is -0.400 e. The number of rotatable bonds is 4. The van der Waals surface area contributed by atoms with Gasteiger partial charge < -0.3 is 9.31 Å². The van der Waals surface area contributed by atoms with Crippen molar-refractivity contribution >= 4 is 30.1 Å². The van der Waals surface area contributed by atoms with E-state index < -0.39 is 18.3 Å². The van der Waals surface area contributed by atoms with Gasteiger partial charge in [-0.15, -0.1) is 0 Å². The van der Waals surface area contributed by atoms with Gasteiger partial charge in [0.2, 0.25) is 0 Å². The molecule has 1 saturated heterocycles. The predicted octanol–water partition coefficient (Wildman–Crippen LogP) is 5.21. The molecule has 26 heavy (non-hydrogen) atoms. The molecule has 1 aliphatic heterocycles. The van der Waals surface area contributed by atoms with Crippen LogP contribution >= 0.6 is 11.8 Å². The third-order valence-corrected chi connectivity index (χ3v) is 6.64. The zero-order valence-electron chi connectivity index (χ0n) is 17.6. The molecule has 142 valence electrons. The average molecular weight is 374 g/mol. The fourth-order valence-corrected chi connectivity index (χ4v) is 3.60. The first kappa shape index (κ1) is 21.3. The SMILES string of the molecule is CC(=O)SCC(=Cc1c(C)c(C)cc(C)c1C)B1OC(C)(C)C(C)(C)O1. The van der Waals surface area contributed by atoms with Gasteiger partial charge >= 0.3 is 7.12 Å². The highest BCUT2D eigenvalue weighted by molar-refractivity contribution is 8.13. The Balaban J connectivity index is 2.50.